The first kappa shape index (κ1) is 16.5. The zero-order valence-corrected chi connectivity index (χ0v) is 12.7. The van der Waals surface area contributed by atoms with Gasteiger partial charge in [0, 0.05) is 5.69 Å². The van der Waals surface area contributed by atoms with E-state index in [0.29, 0.717) is 5.69 Å². The number of hydrogen-bond acceptors (Lipinski definition) is 2. The smallest absolute Gasteiger partial charge is 0.349 e. The molecule has 1 amide bonds. The average molecular weight is 316 g/mol. The van der Waals surface area contributed by atoms with E-state index in [0.717, 1.165) is 24.0 Å². The minimum Gasteiger partial charge on any atom is -0.477 e. The molecular weight excluding hydrogens is 301 g/mol. The standard InChI is InChI=1S/C14H15Cl2NO3/c1-3-8-6-5-7-9(4-2)12(8)17-13(18)10(15)11(16)14(19)20/h5-7H,3-4H2,1-2H3,(H,17,18)(H,19,20)/b11-10+. The lowest BCUT2D eigenvalue weighted by atomic mass is 10.0. The van der Waals surface area contributed by atoms with E-state index < -0.39 is 21.9 Å². The largest absolute Gasteiger partial charge is 0.477 e. The van der Waals surface area contributed by atoms with Gasteiger partial charge in [-0.05, 0) is 24.0 Å². The SMILES string of the molecule is CCc1cccc(CC)c1NC(=O)/C(Cl)=C(\Cl)C(=O)O. The van der Waals surface area contributed by atoms with Crippen LogP contribution in [-0.2, 0) is 22.4 Å². The number of amides is 1. The molecule has 0 fully saturated rings. The van der Waals surface area contributed by atoms with E-state index >= 15 is 0 Å². The van der Waals surface area contributed by atoms with Crippen molar-refractivity contribution < 1.29 is 14.7 Å². The maximum absolute atomic E-state index is 11.9. The van der Waals surface area contributed by atoms with Crippen molar-refractivity contribution in [3.05, 3.63) is 39.4 Å². The minimum atomic E-state index is -1.44. The van der Waals surface area contributed by atoms with Crippen LogP contribution in [0.2, 0.25) is 0 Å². The monoisotopic (exact) mass is 315 g/mol. The molecule has 0 unspecified atom stereocenters. The Labute approximate surface area is 127 Å². The number of aryl methyl sites for hydroxylation is 2. The van der Waals surface area contributed by atoms with E-state index in [1.165, 1.54) is 0 Å². The van der Waals surface area contributed by atoms with Crippen molar-refractivity contribution in [1.82, 2.24) is 0 Å². The van der Waals surface area contributed by atoms with Gasteiger partial charge >= 0.3 is 5.97 Å². The van der Waals surface area contributed by atoms with Gasteiger partial charge in [0.15, 0.2) is 0 Å². The van der Waals surface area contributed by atoms with Gasteiger partial charge in [0.25, 0.3) is 5.91 Å². The summed E-state index contributed by atoms with van der Waals surface area (Å²) >= 11 is 11.1. The van der Waals surface area contributed by atoms with Gasteiger partial charge in [-0.25, -0.2) is 4.79 Å². The Balaban J connectivity index is 3.14. The first-order valence-corrected chi connectivity index (χ1v) is 6.88. The third kappa shape index (κ3) is 3.74. The molecule has 0 spiro atoms. The summed E-state index contributed by atoms with van der Waals surface area (Å²) in [6.07, 6.45) is 1.47. The number of rotatable bonds is 5. The van der Waals surface area contributed by atoms with Gasteiger partial charge in [-0.1, -0.05) is 55.2 Å². The van der Waals surface area contributed by atoms with Crippen LogP contribution < -0.4 is 5.32 Å². The summed E-state index contributed by atoms with van der Waals surface area (Å²) in [5.41, 5.74) is 2.57. The molecule has 0 atom stereocenters. The number of carbonyl (C=O) groups is 2. The lowest BCUT2D eigenvalue weighted by Gasteiger charge is -2.14. The second-order valence-electron chi connectivity index (χ2n) is 4.05. The molecule has 6 heteroatoms. The number of carboxylic acids is 1. The summed E-state index contributed by atoms with van der Waals surface area (Å²) in [7, 11) is 0. The van der Waals surface area contributed by atoms with Gasteiger partial charge in [0.05, 0.1) is 0 Å². The molecule has 0 aliphatic carbocycles. The van der Waals surface area contributed by atoms with Crippen LogP contribution in [-0.4, -0.2) is 17.0 Å². The molecule has 0 aromatic heterocycles. The zero-order chi connectivity index (χ0) is 15.3. The van der Waals surface area contributed by atoms with E-state index in [1.807, 2.05) is 32.0 Å². The van der Waals surface area contributed by atoms with Crippen LogP contribution in [0.25, 0.3) is 0 Å². The summed E-state index contributed by atoms with van der Waals surface area (Å²) < 4.78 is 0. The summed E-state index contributed by atoms with van der Waals surface area (Å²) in [5.74, 6) is -2.17. The summed E-state index contributed by atoms with van der Waals surface area (Å²) in [6.45, 7) is 3.93. The molecule has 1 aromatic carbocycles. The molecule has 1 rings (SSSR count). The number of halogens is 2. The quantitative estimate of drug-likeness (QED) is 0.817. The Morgan fingerprint density at radius 1 is 1.10 bits per heavy atom. The van der Waals surface area contributed by atoms with Gasteiger partial charge < -0.3 is 10.4 Å². The first-order chi connectivity index (χ1) is 9.42. The molecule has 0 heterocycles. The maximum Gasteiger partial charge on any atom is 0.349 e. The molecule has 0 aliphatic heterocycles. The average Bonchev–Trinajstić information content (AvgIpc) is 2.45. The number of nitrogens with one attached hydrogen (secondary N) is 1. The Bertz CT molecular complexity index is 545. The van der Waals surface area contributed by atoms with Crippen molar-refractivity contribution >= 4 is 40.8 Å². The number of para-hydroxylation sites is 1. The van der Waals surface area contributed by atoms with Crippen LogP contribution in [0.3, 0.4) is 0 Å². The highest BCUT2D eigenvalue weighted by atomic mass is 35.5. The molecule has 20 heavy (non-hydrogen) atoms. The Morgan fingerprint density at radius 3 is 2.00 bits per heavy atom. The third-order valence-corrected chi connectivity index (χ3v) is 3.63. The van der Waals surface area contributed by atoms with Crippen LogP contribution in [0.1, 0.15) is 25.0 Å². The highest BCUT2D eigenvalue weighted by molar-refractivity contribution is 6.54. The van der Waals surface area contributed by atoms with Crippen LogP contribution in [0, 0.1) is 0 Å². The van der Waals surface area contributed by atoms with E-state index in [-0.39, 0.29) is 0 Å². The second-order valence-corrected chi connectivity index (χ2v) is 4.80. The van der Waals surface area contributed by atoms with Crippen LogP contribution >= 0.6 is 23.2 Å². The molecular formula is C14H15Cl2NO3. The van der Waals surface area contributed by atoms with Crippen LogP contribution in [0.5, 0.6) is 0 Å². The first-order valence-electron chi connectivity index (χ1n) is 6.13. The number of aliphatic carboxylic acids is 1. The molecule has 0 aliphatic rings. The lowest BCUT2D eigenvalue weighted by Crippen LogP contribution is -2.16. The zero-order valence-electron chi connectivity index (χ0n) is 11.2. The fraction of sp³-hybridized carbons (Fsp3) is 0.286. The summed E-state index contributed by atoms with van der Waals surface area (Å²) in [5, 5.41) is 10.1. The Hall–Kier alpha value is -1.52. The second kappa shape index (κ2) is 7.31. The van der Waals surface area contributed by atoms with Gasteiger partial charge in [-0.3, -0.25) is 4.79 Å². The highest BCUT2D eigenvalue weighted by Gasteiger charge is 2.19. The fourth-order valence-corrected chi connectivity index (χ4v) is 1.98. The Kier molecular flexibility index (Phi) is 6.05. The van der Waals surface area contributed by atoms with E-state index in [9.17, 15) is 9.59 Å². The fourth-order valence-electron chi connectivity index (χ4n) is 1.77. The molecule has 0 saturated heterocycles. The topological polar surface area (TPSA) is 66.4 Å². The van der Waals surface area contributed by atoms with Crippen molar-refractivity contribution in [3.63, 3.8) is 0 Å². The van der Waals surface area contributed by atoms with E-state index in [4.69, 9.17) is 28.3 Å². The van der Waals surface area contributed by atoms with Gasteiger partial charge in [-0.2, -0.15) is 0 Å². The number of hydrogen-bond donors (Lipinski definition) is 2. The van der Waals surface area contributed by atoms with Crippen molar-refractivity contribution in [2.45, 2.75) is 26.7 Å². The highest BCUT2D eigenvalue weighted by Crippen LogP contribution is 2.24. The predicted molar refractivity (Wildman–Crippen MR) is 80.2 cm³/mol. The number of anilines is 1. The summed E-state index contributed by atoms with van der Waals surface area (Å²) in [4.78, 5) is 22.6. The molecule has 1 aromatic rings. The van der Waals surface area contributed by atoms with Crippen LogP contribution in [0.15, 0.2) is 28.3 Å². The van der Waals surface area contributed by atoms with Crippen molar-refractivity contribution in [1.29, 1.82) is 0 Å². The minimum absolute atomic E-state index is 0.535. The maximum atomic E-state index is 11.9. The molecule has 2 N–H and O–H groups in total. The number of carboxylic acid groups (broad SMARTS) is 1. The van der Waals surface area contributed by atoms with Gasteiger partial charge in [0.1, 0.15) is 10.1 Å². The van der Waals surface area contributed by atoms with Gasteiger partial charge in [-0.15, -0.1) is 0 Å². The number of benzene rings is 1. The number of carbonyl (C=O) groups excluding carboxylic acids is 1. The van der Waals surface area contributed by atoms with Crippen molar-refractivity contribution in [2.75, 3.05) is 5.32 Å². The van der Waals surface area contributed by atoms with E-state index in [1.54, 1.807) is 0 Å². The molecule has 108 valence electrons. The molecule has 0 bridgehead atoms. The van der Waals surface area contributed by atoms with Crippen LogP contribution in [0.4, 0.5) is 5.69 Å². The molecule has 0 saturated carbocycles. The molecule has 4 nitrogen and oxygen atoms in total. The van der Waals surface area contributed by atoms with Crippen molar-refractivity contribution in [3.8, 4) is 0 Å². The lowest BCUT2D eigenvalue weighted by molar-refractivity contribution is -0.132. The Morgan fingerprint density at radius 2 is 1.60 bits per heavy atom. The summed E-state index contributed by atoms with van der Waals surface area (Å²) in [6, 6.07) is 5.70. The van der Waals surface area contributed by atoms with Crippen molar-refractivity contribution in [2.24, 2.45) is 0 Å². The predicted octanol–water partition coefficient (Wildman–Crippen LogP) is 3.52. The van der Waals surface area contributed by atoms with Gasteiger partial charge in [0.2, 0.25) is 0 Å². The normalized spacial score (nSPS) is 11.8. The third-order valence-electron chi connectivity index (χ3n) is 2.82. The van der Waals surface area contributed by atoms with E-state index in [2.05, 4.69) is 5.32 Å². The molecule has 0 radical (unpaired) electrons.